The van der Waals surface area contributed by atoms with Crippen LogP contribution in [-0.4, -0.2) is 21.7 Å². The van der Waals surface area contributed by atoms with Crippen molar-refractivity contribution in [2.24, 2.45) is 0 Å². The van der Waals surface area contributed by atoms with Gasteiger partial charge in [-0.15, -0.1) is 0 Å². The van der Waals surface area contributed by atoms with Gasteiger partial charge in [0, 0.05) is 17.7 Å². The van der Waals surface area contributed by atoms with E-state index in [1.54, 1.807) is 17.8 Å². The Morgan fingerprint density at radius 3 is 2.67 bits per heavy atom. The third-order valence-corrected chi connectivity index (χ3v) is 2.76. The summed E-state index contributed by atoms with van der Waals surface area (Å²) in [4.78, 5) is 4.21. The van der Waals surface area contributed by atoms with Crippen LogP contribution in [-0.2, 0) is 0 Å². The zero-order valence-corrected chi connectivity index (χ0v) is 9.87. The molecule has 3 rings (SSSR count). The highest BCUT2D eigenvalue weighted by Crippen LogP contribution is 2.23. The molecule has 0 unspecified atom stereocenters. The number of hydrogen-bond acceptors (Lipinski definition) is 4. The largest absolute Gasteiger partial charge is 0.497 e. The highest BCUT2D eigenvalue weighted by Gasteiger charge is 2.07. The third kappa shape index (κ3) is 1.66. The summed E-state index contributed by atoms with van der Waals surface area (Å²) < 4.78 is 6.90. The molecule has 0 saturated carbocycles. The van der Waals surface area contributed by atoms with E-state index in [0.717, 1.165) is 22.7 Å². The smallest absolute Gasteiger partial charge is 0.158 e. The van der Waals surface area contributed by atoms with E-state index in [2.05, 4.69) is 10.1 Å². The van der Waals surface area contributed by atoms with Crippen molar-refractivity contribution in [3.63, 3.8) is 0 Å². The number of methoxy groups -OCH3 is 1. The van der Waals surface area contributed by atoms with Crippen molar-refractivity contribution in [1.29, 1.82) is 0 Å². The lowest BCUT2D eigenvalue weighted by Gasteiger charge is -2.07. The molecule has 0 spiro atoms. The Kier molecular flexibility index (Phi) is 2.37. The molecule has 0 aliphatic rings. The second-order valence-electron chi connectivity index (χ2n) is 3.90. The Morgan fingerprint density at radius 1 is 1.17 bits per heavy atom. The van der Waals surface area contributed by atoms with E-state index >= 15 is 0 Å². The fourth-order valence-electron chi connectivity index (χ4n) is 1.90. The van der Waals surface area contributed by atoms with E-state index in [1.807, 2.05) is 36.4 Å². The summed E-state index contributed by atoms with van der Waals surface area (Å²) in [7, 11) is 1.64. The van der Waals surface area contributed by atoms with Crippen molar-refractivity contribution in [2.45, 2.75) is 0 Å². The molecule has 0 radical (unpaired) electrons. The third-order valence-electron chi connectivity index (χ3n) is 2.76. The van der Waals surface area contributed by atoms with Crippen molar-refractivity contribution in [3.05, 3.63) is 42.6 Å². The van der Waals surface area contributed by atoms with Crippen molar-refractivity contribution in [1.82, 2.24) is 14.6 Å². The number of rotatable bonds is 2. The van der Waals surface area contributed by atoms with Crippen LogP contribution in [0.25, 0.3) is 16.9 Å². The first-order valence-electron chi connectivity index (χ1n) is 5.52. The van der Waals surface area contributed by atoms with E-state index in [1.165, 1.54) is 0 Å². The van der Waals surface area contributed by atoms with E-state index < -0.39 is 0 Å². The van der Waals surface area contributed by atoms with Crippen LogP contribution in [0.1, 0.15) is 0 Å². The number of aromatic nitrogens is 3. The molecule has 5 nitrogen and oxygen atoms in total. The molecule has 2 aromatic heterocycles. The summed E-state index contributed by atoms with van der Waals surface area (Å²) >= 11 is 0. The lowest BCUT2D eigenvalue weighted by molar-refractivity contribution is 0.415. The number of nitrogens with zero attached hydrogens (tertiary/aromatic N) is 3. The number of fused-ring (bicyclic) bond motifs is 1. The average Bonchev–Trinajstić information content (AvgIpc) is 2.86. The molecule has 0 saturated heterocycles. The molecular weight excluding hydrogens is 228 g/mol. The minimum atomic E-state index is 0.480. The van der Waals surface area contributed by atoms with Gasteiger partial charge in [0.05, 0.1) is 19.0 Å². The zero-order chi connectivity index (χ0) is 12.5. The quantitative estimate of drug-likeness (QED) is 0.744. The van der Waals surface area contributed by atoms with Gasteiger partial charge >= 0.3 is 0 Å². The molecule has 2 heterocycles. The predicted molar refractivity (Wildman–Crippen MR) is 69.4 cm³/mol. The summed E-state index contributed by atoms with van der Waals surface area (Å²) in [5.74, 6) is 1.30. The van der Waals surface area contributed by atoms with Gasteiger partial charge in [-0.2, -0.15) is 5.10 Å². The van der Waals surface area contributed by atoms with Crippen LogP contribution in [0.2, 0.25) is 0 Å². The Hall–Kier alpha value is -2.56. The zero-order valence-electron chi connectivity index (χ0n) is 9.87. The predicted octanol–water partition coefficient (Wildman–Crippen LogP) is 1.99. The molecule has 5 heteroatoms. The number of hydrogen-bond donors (Lipinski definition) is 1. The maximum absolute atomic E-state index is 5.80. The standard InChI is InChI=1S/C13H12N4O/c1-18-10-4-2-9(3-5-10)11-8-12(14)16-13-6-7-15-17(11)13/h2-8H,1H3,(H2,14,16). The van der Waals surface area contributed by atoms with Crippen molar-refractivity contribution in [2.75, 3.05) is 12.8 Å². The highest BCUT2D eigenvalue weighted by molar-refractivity contribution is 5.66. The molecule has 1 aromatic carbocycles. The summed E-state index contributed by atoms with van der Waals surface area (Å²) in [5, 5.41) is 4.25. The van der Waals surface area contributed by atoms with Crippen LogP contribution >= 0.6 is 0 Å². The normalized spacial score (nSPS) is 10.7. The fraction of sp³-hybridized carbons (Fsp3) is 0.0769. The van der Waals surface area contributed by atoms with E-state index in [-0.39, 0.29) is 0 Å². The van der Waals surface area contributed by atoms with E-state index in [4.69, 9.17) is 10.5 Å². The maximum atomic E-state index is 5.80. The molecule has 18 heavy (non-hydrogen) atoms. The van der Waals surface area contributed by atoms with Crippen molar-refractivity contribution < 1.29 is 4.74 Å². The molecule has 2 N–H and O–H groups in total. The van der Waals surface area contributed by atoms with Crippen molar-refractivity contribution >= 4 is 11.5 Å². The second kappa shape index (κ2) is 4.03. The van der Waals surface area contributed by atoms with Gasteiger partial charge in [0.2, 0.25) is 0 Å². The van der Waals surface area contributed by atoms with Gasteiger partial charge in [-0.3, -0.25) is 0 Å². The molecule has 0 atom stereocenters. The number of benzene rings is 1. The van der Waals surface area contributed by atoms with Gasteiger partial charge in [0.15, 0.2) is 5.65 Å². The first-order valence-corrected chi connectivity index (χ1v) is 5.52. The van der Waals surface area contributed by atoms with Crippen LogP contribution in [0.4, 0.5) is 5.82 Å². The van der Waals surface area contributed by atoms with E-state index in [9.17, 15) is 0 Å². The van der Waals surface area contributed by atoms with Crippen LogP contribution in [0.3, 0.4) is 0 Å². The average molecular weight is 240 g/mol. The van der Waals surface area contributed by atoms with Crippen LogP contribution in [0, 0.1) is 0 Å². The van der Waals surface area contributed by atoms with Crippen LogP contribution < -0.4 is 10.5 Å². The van der Waals surface area contributed by atoms with Gasteiger partial charge < -0.3 is 10.5 Å². The minimum Gasteiger partial charge on any atom is -0.497 e. The van der Waals surface area contributed by atoms with Crippen LogP contribution in [0.5, 0.6) is 5.75 Å². The summed E-state index contributed by atoms with van der Waals surface area (Å²) in [5.41, 5.74) is 8.46. The highest BCUT2D eigenvalue weighted by atomic mass is 16.5. The summed E-state index contributed by atoms with van der Waals surface area (Å²) in [6.07, 6.45) is 1.70. The minimum absolute atomic E-state index is 0.480. The fourth-order valence-corrected chi connectivity index (χ4v) is 1.90. The van der Waals surface area contributed by atoms with Gasteiger partial charge in [0.25, 0.3) is 0 Å². The van der Waals surface area contributed by atoms with E-state index in [0.29, 0.717) is 5.82 Å². The Bertz CT molecular complexity index is 688. The first-order chi connectivity index (χ1) is 8.78. The lowest BCUT2D eigenvalue weighted by Crippen LogP contribution is -1.99. The molecule has 90 valence electrons. The van der Waals surface area contributed by atoms with Gasteiger partial charge in [0.1, 0.15) is 11.6 Å². The molecule has 0 fully saturated rings. The molecule has 0 aliphatic carbocycles. The topological polar surface area (TPSA) is 65.4 Å². The van der Waals surface area contributed by atoms with Crippen LogP contribution in [0.15, 0.2) is 42.6 Å². The Morgan fingerprint density at radius 2 is 1.94 bits per heavy atom. The summed E-state index contributed by atoms with van der Waals surface area (Å²) in [6.45, 7) is 0. The Balaban J connectivity index is 2.20. The molecule has 0 aliphatic heterocycles. The van der Waals surface area contributed by atoms with Gasteiger partial charge in [-0.25, -0.2) is 9.50 Å². The molecule has 0 bridgehead atoms. The monoisotopic (exact) mass is 240 g/mol. The second-order valence-corrected chi connectivity index (χ2v) is 3.90. The number of ether oxygens (including phenoxy) is 1. The Labute approximate surface area is 104 Å². The molecule has 0 amide bonds. The SMILES string of the molecule is COc1ccc(-c2cc(N)nc3ccnn23)cc1. The molecular formula is C13H12N4O. The van der Waals surface area contributed by atoms with Gasteiger partial charge in [-0.05, 0) is 24.3 Å². The van der Waals surface area contributed by atoms with Gasteiger partial charge in [-0.1, -0.05) is 0 Å². The number of anilines is 1. The number of nitrogens with two attached hydrogens (primary N) is 1. The number of nitrogen functional groups attached to an aromatic ring is 1. The van der Waals surface area contributed by atoms with Crippen molar-refractivity contribution in [3.8, 4) is 17.0 Å². The maximum Gasteiger partial charge on any atom is 0.158 e. The lowest BCUT2D eigenvalue weighted by atomic mass is 10.1. The molecule has 3 aromatic rings. The summed E-state index contributed by atoms with van der Waals surface area (Å²) in [6, 6.07) is 11.4. The first kappa shape index (κ1) is 10.6.